The van der Waals surface area contributed by atoms with Crippen molar-refractivity contribution in [3.05, 3.63) is 0 Å². The highest BCUT2D eigenvalue weighted by Crippen LogP contribution is 2.57. The molecule has 0 spiro atoms. The fraction of sp³-hybridized carbons (Fsp3) is 1.00. The molecule has 21 heavy (non-hydrogen) atoms. The summed E-state index contributed by atoms with van der Waals surface area (Å²) in [6.07, 6.45) is 2.32. The summed E-state index contributed by atoms with van der Waals surface area (Å²) in [6.45, 7) is 0. The Balaban J connectivity index is 1.67. The first-order chi connectivity index (χ1) is 9.59. The molecule has 8 heteroatoms. The lowest BCUT2D eigenvalue weighted by Crippen LogP contribution is -2.53. The van der Waals surface area contributed by atoms with E-state index in [4.69, 9.17) is 9.29 Å². The van der Waals surface area contributed by atoms with E-state index in [0.717, 1.165) is 38.5 Å². The topological polar surface area (TPSA) is 83.8 Å². The number of aliphatic hydroxyl groups excluding tert-OH is 1. The van der Waals surface area contributed by atoms with Crippen LogP contribution in [0.2, 0.25) is 0 Å². The lowest BCUT2D eigenvalue weighted by Gasteiger charge is -2.56. The van der Waals surface area contributed by atoms with Crippen LogP contribution in [0.3, 0.4) is 0 Å². The van der Waals surface area contributed by atoms with Crippen molar-refractivity contribution in [3.8, 4) is 0 Å². The van der Waals surface area contributed by atoms with Crippen LogP contribution in [0.4, 0.5) is 8.78 Å². The molecule has 5 nitrogen and oxygen atoms in total. The Labute approximate surface area is 122 Å². The fourth-order valence-electron chi connectivity index (χ4n) is 4.81. The molecule has 4 fully saturated rings. The van der Waals surface area contributed by atoms with Gasteiger partial charge in [-0.25, -0.2) is 0 Å². The van der Waals surface area contributed by atoms with Crippen LogP contribution in [0.15, 0.2) is 0 Å². The Morgan fingerprint density at radius 3 is 1.95 bits per heavy atom. The summed E-state index contributed by atoms with van der Waals surface area (Å²) < 4.78 is 61.7. The van der Waals surface area contributed by atoms with Crippen molar-refractivity contribution in [2.24, 2.45) is 17.8 Å². The molecule has 0 aromatic rings. The summed E-state index contributed by atoms with van der Waals surface area (Å²) in [5, 5.41) is 5.34. The van der Waals surface area contributed by atoms with Gasteiger partial charge in [-0.3, -0.25) is 4.55 Å². The van der Waals surface area contributed by atoms with Gasteiger partial charge in [0.25, 0.3) is 0 Å². The second-order valence-electron chi connectivity index (χ2n) is 6.99. The van der Waals surface area contributed by atoms with E-state index in [0.29, 0.717) is 17.8 Å². The number of rotatable bonds is 5. The van der Waals surface area contributed by atoms with E-state index in [1.54, 1.807) is 0 Å². The predicted molar refractivity (Wildman–Crippen MR) is 69.1 cm³/mol. The van der Waals surface area contributed by atoms with E-state index in [9.17, 15) is 22.3 Å². The van der Waals surface area contributed by atoms with Crippen molar-refractivity contribution < 1.29 is 31.6 Å². The van der Waals surface area contributed by atoms with E-state index in [1.807, 2.05) is 0 Å². The lowest BCUT2D eigenvalue weighted by atomic mass is 9.54. The molecular weight excluding hydrogens is 306 g/mol. The van der Waals surface area contributed by atoms with Gasteiger partial charge < -0.3 is 9.84 Å². The average Bonchev–Trinajstić information content (AvgIpc) is 2.22. The molecule has 4 rings (SSSR count). The lowest BCUT2D eigenvalue weighted by molar-refractivity contribution is -0.250. The Kier molecular flexibility index (Phi) is 3.59. The quantitative estimate of drug-likeness (QED) is 0.597. The Bertz CT molecular complexity index is 483. The fourth-order valence-corrected chi connectivity index (χ4v) is 5.17. The van der Waals surface area contributed by atoms with Gasteiger partial charge in [-0.05, 0) is 56.3 Å². The number of hydrogen-bond acceptors (Lipinski definition) is 4. The second kappa shape index (κ2) is 4.84. The van der Waals surface area contributed by atoms with Crippen LogP contribution < -0.4 is 0 Å². The predicted octanol–water partition coefficient (Wildman–Crippen LogP) is 2.16. The molecule has 122 valence electrons. The molecule has 0 radical (unpaired) electrons. The Morgan fingerprint density at radius 2 is 1.57 bits per heavy atom. The van der Waals surface area contributed by atoms with Crippen molar-refractivity contribution in [2.45, 2.75) is 62.1 Å². The maximum absolute atomic E-state index is 13.3. The van der Waals surface area contributed by atoms with Gasteiger partial charge in [0, 0.05) is 0 Å². The third kappa shape index (κ3) is 2.95. The van der Waals surface area contributed by atoms with Gasteiger partial charge in [0.15, 0.2) is 6.29 Å². The third-order valence-corrected chi connectivity index (χ3v) is 6.08. The van der Waals surface area contributed by atoms with Crippen LogP contribution in [0, 0.1) is 17.8 Å². The smallest absolute Gasteiger partial charge is 0.368 e. The first-order valence-corrected chi connectivity index (χ1v) is 8.73. The number of halogens is 2. The van der Waals surface area contributed by atoms with E-state index in [1.165, 1.54) is 0 Å². The van der Waals surface area contributed by atoms with Crippen LogP contribution in [0.25, 0.3) is 0 Å². The van der Waals surface area contributed by atoms with E-state index in [-0.39, 0.29) is 0 Å². The van der Waals surface area contributed by atoms with Gasteiger partial charge in [0.05, 0.1) is 12.0 Å². The summed E-state index contributed by atoms with van der Waals surface area (Å²) in [5.41, 5.74) is -0.594. The number of alkyl halides is 2. The summed E-state index contributed by atoms with van der Waals surface area (Å²) in [6, 6.07) is 0. The average molecular weight is 326 g/mol. The van der Waals surface area contributed by atoms with E-state index < -0.39 is 33.7 Å². The number of ether oxygens (including phenoxy) is 1. The zero-order chi connectivity index (χ0) is 15.5. The largest absolute Gasteiger partial charge is 0.374 e. The van der Waals surface area contributed by atoms with Crippen LogP contribution in [-0.2, 0) is 14.9 Å². The van der Waals surface area contributed by atoms with Crippen molar-refractivity contribution in [2.75, 3.05) is 0 Å². The zero-order valence-electron chi connectivity index (χ0n) is 11.5. The van der Waals surface area contributed by atoms with Gasteiger partial charge in [0.2, 0.25) is 0 Å². The maximum Gasteiger partial charge on any atom is 0.374 e. The standard InChI is InChI=1S/C13H20F2O5S/c14-13(15,21(17,18)19)7-11(16)20-12-4-8-1-9(5-12)3-10(2-8)6-12/h8-11,16H,1-7H2,(H,17,18,19). The highest BCUT2D eigenvalue weighted by molar-refractivity contribution is 7.86. The molecule has 4 aliphatic rings. The molecule has 4 bridgehead atoms. The van der Waals surface area contributed by atoms with Crippen LogP contribution in [-0.4, -0.2) is 35.2 Å². The summed E-state index contributed by atoms with van der Waals surface area (Å²) in [4.78, 5) is 0. The van der Waals surface area contributed by atoms with Gasteiger partial charge >= 0.3 is 15.4 Å². The minimum atomic E-state index is -5.54. The van der Waals surface area contributed by atoms with Crippen LogP contribution in [0.1, 0.15) is 44.9 Å². The molecule has 1 unspecified atom stereocenters. The summed E-state index contributed by atoms with van der Waals surface area (Å²) in [5.74, 6) is 1.56. The molecule has 2 N–H and O–H groups in total. The van der Waals surface area contributed by atoms with E-state index >= 15 is 0 Å². The third-order valence-electron chi connectivity index (χ3n) is 5.16. The van der Waals surface area contributed by atoms with Gasteiger partial charge in [-0.15, -0.1) is 0 Å². The molecule has 1 atom stereocenters. The normalized spacial score (nSPS) is 40.5. The van der Waals surface area contributed by atoms with Gasteiger partial charge in [-0.2, -0.15) is 17.2 Å². The zero-order valence-corrected chi connectivity index (χ0v) is 12.4. The second-order valence-corrected chi connectivity index (χ2v) is 8.54. The minimum Gasteiger partial charge on any atom is -0.368 e. The van der Waals surface area contributed by atoms with Crippen LogP contribution >= 0.6 is 0 Å². The molecule has 0 saturated heterocycles. The first-order valence-electron chi connectivity index (χ1n) is 7.29. The van der Waals surface area contributed by atoms with Gasteiger partial charge in [0.1, 0.15) is 0 Å². The van der Waals surface area contributed by atoms with Crippen LogP contribution in [0.5, 0.6) is 0 Å². The molecule has 0 heterocycles. The first kappa shape index (κ1) is 15.6. The molecule has 0 aromatic heterocycles. The Morgan fingerprint density at radius 1 is 1.14 bits per heavy atom. The molecular formula is C13H20F2O5S. The molecule has 0 aromatic carbocycles. The number of hydrogen-bond donors (Lipinski definition) is 2. The highest BCUT2D eigenvalue weighted by atomic mass is 32.2. The maximum atomic E-state index is 13.3. The highest BCUT2D eigenvalue weighted by Gasteiger charge is 2.54. The summed E-state index contributed by atoms with van der Waals surface area (Å²) in [7, 11) is -5.54. The molecule has 4 aliphatic carbocycles. The molecule has 4 saturated carbocycles. The van der Waals surface area contributed by atoms with Gasteiger partial charge in [-0.1, -0.05) is 0 Å². The van der Waals surface area contributed by atoms with Crippen molar-refractivity contribution in [1.29, 1.82) is 0 Å². The van der Waals surface area contributed by atoms with E-state index in [2.05, 4.69) is 0 Å². The number of aliphatic hydroxyl groups is 1. The van der Waals surface area contributed by atoms with Crippen molar-refractivity contribution in [1.82, 2.24) is 0 Å². The minimum absolute atomic E-state index is 0.519. The van der Waals surface area contributed by atoms with Crippen molar-refractivity contribution >= 4 is 10.1 Å². The monoisotopic (exact) mass is 326 g/mol. The molecule has 0 amide bonds. The Hall–Kier alpha value is -0.310. The summed E-state index contributed by atoms with van der Waals surface area (Å²) >= 11 is 0. The SMILES string of the molecule is O=S(=O)(O)C(F)(F)CC(O)OC12CC3CC(CC(C3)C1)C2. The molecule has 0 aliphatic heterocycles. The van der Waals surface area contributed by atoms with Crippen molar-refractivity contribution in [3.63, 3.8) is 0 Å².